The summed E-state index contributed by atoms with van der Waals surface area (Å²) < 4.78 is 1.36. The third-order valence-corrected chi connectivity index (χ3v) is 4.12. The Morgan fingerprint density at radius 1 is 1.38 bits per heavy atom. The third-order valence-electron chi connectivity index (χ3n) is 3.02. The highest BCUT2D eigenvalue weighted by Crippen LogP contribution is 2.33. The Labute approximate surface area is 144 Å². The van der Waals surface area contributed by atoms with Crippen molar-refractivity contribution in [3.8, 4) is 0 Å². The number of rotatable bonds is 5. The zero-order valence-corrected chi connectivity index (χ0v) is 14.9. The van der Waals surface area contributed by atoms with E-state index in [-0.39, 0.29) is 23.0 Å². The molecule has 128 valence electrons. The summed E-state index contributed by atoms with van der Waals surface area (Å²) >= 11 is 1.76. The minimum absolute atomic E-state index is 0.0776. The number of thioether (sulfide) groups is 1. The van der Waals surface area contributed by atoms with Crippen LogP contribution in [-0.4, -0.2) is 25.4 Å². The second-order valence-electron chi connectivity index (χ2n) is 6.37. The van der Waals surface area contributed by atoms with Crippen LogP contribution in [0.4, 0.5) is 11.5 Å². The predicted molar refractivity (Wildman–Crippen MR) is 94.3 cm³/mol. The maximum absolute atomic E-state index is 12.1. The number of carbonyl (C=O) groups excluding carboxylic acids is 1. The van der Waals surface area contributed by atoms with Gasteiger partial charge in [-0.25, -0.2) is 0 Å². The van der Waals surface area contributed by atoms with Gasteiger partial charge in [0.25, 0.3) is 0 Å². The van der Waals surface area contributed by atoms with E-state index < -0.39 is 4.92 Å². The monoisotopic (exact) mass is 348 g/mol. The highest BCUT2D eigenvalue weighted by Gasteiger charge is 2.15. The second kappa shape index (κ2) is 7.04. The molecule has 0 fully saturated rings. The Kier molecular flexibility index (Phi) is 5.28. The van der Waals surface area contributed by atoms with Gasteiger partial charge in [-0.1, -0.05) is 20.8 Å². The summed E-state index contributed by atoms with van der Waals surface area (Å²) in [5, 5.41) is 17.1. The molecule has 0 aliphatic carbocycles. The molecule has 0 unspecified atom stereocenters. The zero-order valence-electron chi connectivity index (χ0n) is 14.1. The van der Waals surface area contributed by atoms with Gasteiger partial charge in [0.1, 0.15) is 6.54 Å². The average Bonchev–Trinajstić information content (AvgIpc) is 2.88. The number of amides is 1. The smallest absolute Gasteiger partial charge is 0.358 e. The van der Waals surface area contributed by atoms with Gasteiger partial charge in [-0.3, -0.25) is 4.79 Å². The highest BCUT2D eigenvalue weighted by atomic mass is 32.2. The van der Waals surface area contributed by atoms with E-state index in [1.54, 1.807) is 11.8 Å². The lowest BCUT2D eigenvalue weighted by atomic mass is 10.2. The van der Waals surface area contributed by atoms with Crippen LogP contribution < -0.4 is 5.32 Å². The topological polar surface area (TPSA) is 90.1 Å². The van der Waals surface area contributed by atoms with Crippen LogP contribution in [0, 0.1) is 17.0 Å². The maximum atomic E-state index is 12.1. The largest absolute Gasteiger partial charge is 0.389 e. The Morgan fingerprint density at radius 3 is 2.62 bits per heavy atom. The number of aryl methyl sites for hydroxylation is 1. The van der Waals surface area contributed by atoms with Crippen molar-refractivity contribution < 1.29 is 9.72 Å². The molecule has 8 heteroatoms. The van der Waals surface area contributed by atoms with E-state index in [4.69, 9.17) is 0 Å². The van der Waals surface area contributed by atoms with Crippen molar-refractivity contribution in [1.29, 1.82) is 0 Å². The molecule has 24 heavy (non-hydrogen) atoms. The van der Waals surface area contributed by atoms with Crippen LogP contribution in [-0.2, 0) is 11.3 Å². The van der Waals surface area contributed by atoms with Crippen molar-refractivity contribution in [3.05, 3.63) is 46.1 Å². The number of benzene rings is 1. The lowest BCUT2D eigenvalue weighted by Gasteiger charge is -2.18. The Hall–Kier alpha value is -2.35. The summed E-state index contributed by atoms with van der Waals surface area (Å²) in [6.45, 7) is 8.29. The first-order chi connectivity index (χ1) is 11.1. The minimum atomic E-state index is -0.593. The third kappa shape index (κ3) is 5.09. The number of nitrogens with zero attached hydrogens (tertiary/aromatic N) is 3. The van der Waals surface area contributed by atoms with Crippen LogP contribution in [0.25, 0.3) is 0 Å². The molecule has 1 aromatic heterocycles. The molecule has 0 bridgehead atoms. The number of hydrogen-bond donors (Lipinski definition) is 1. The number of carbonyl (C=O) groups is 1. The van der Waals surface area contributed by atoms with E-state index >= 15 is 0 Å². The lowest BCUT2D eigenvalue weighted by Crippen LogP contribution is -2.19. The molecule has 0 radical (unpaired) electrons. The first kappa shape index (κ1) is 18.0. The molecule has 0 aliphatic rings. The molecule has 2 rings (SSSR count). The lowest BCUT2D eigenvalue weighted by molar-refractivity contribution is -0.389. The van der Waals surface area contributed by atoms with Crippen molar-refractivity contribution in [1.82, 2.24) is 9.78 Å². The molecule has 1 amide bonds. The minimum Gasteiger partial charge on any atom is -0.358 e. The SMILES string of the molecule is Cc1cc(SC(C)(C)C)ccc1NC(=O)Cn1ccc([N+](=O)[O-])n1. The van der Waals surface area contributed by atoms with E-state index in [9.17, 15) is 14.9 Å². The van der Waals surface area contributed by atoms with Crippen LogP contribution in [0.5, 0.6) is 0 Å². The van der Waals surface area contributed by atoms with Crippen molar-refractivity contribution in [2.45, 2.75) is 43.9 Å². The summed E-state index contributed by atoms with van der Waals surface area (Å²) in [6.07, 6.45) is 1.41. The number of anilines is 1. The Morgan fingerprint density at radius 2 is 2.08 bits per heavy atom. The average molecular weight is 348 g/mol. The number of nitrogens with one attached hydrogen (secondary N) is 1. The summed E-state index contributed by atoms with van der Waals surface area (Å²) in [4.78, 5) is 23.2. The first-order valence-corrected chi connectivity index (χ1v) is 8.23. The number of aromatic nitrogens is 2. The van der Waals surface area contributed by atoms with Gasteiger partial charge in [-0.2, -0.15) is 4.68 Å². The molecule has 2 aromatic rings. The first-order valence-electron chi connectivity index (χ1n) is 7.41. The predicted octanol–water partition coefficient (Wildman–Crippen LogP) is 3.63. The summed E-state index contributed by atoms with van der Waals surface area (Å²) in [5.41, 5.74) is 1.68. The molecule has 0 saturated heterocycles. The van der Waals surface area contributed by atoms with Crippen molar-refractivity contribution >= 4 is 29.2 Å². The fourth-order valence-electron chi connectivity index (χ4n) is 2.07. The Balaban J connectivity index is 2.02. The quantitative estimate of drug-likeness (QED) is 0.506. The Bertz CT molecular complexity index is 765. The molecule has 0 spiro atoms. The van der Waals surface area contributed by atoms with Crippen molar-refractivity contribution in [2.75, 3.05) is 5.32 Å². The van der Waals surface area contributed by atoms with Gasteiger partial charge in [-0.15, -0.1) is 11.8 Å². The van der Waals surface area contributed by atoms with Crippen molar-refractivity contribution in [3.63, 3.8) is 0 Å². The van der Waals surface area contributed by atoms with E-state index in [0.717, 1.165) is 16.1 Å². The van der Waals surface area contributed by atoms with Gasteiger partial charge >= 0.3 is 5.82 Å². The van der Waals surface area contributed by atoms with E-state index in [0.29, 0.717) is 0 Å². The molecular formula is C16H20N4O3S. The molecule has 0 atom stereocenters. The molecule has 0 saturated carbocycles. The maximum Gasteiger partial charge on any atom is 0.389 e. The van der Waals surface area contributed by atoms with Gasteiger partial charge in [0.15, 0.2) is 0 Å². The zero-order chi connectivity index (χ0) is 17.9. The fraction of sp³-hybridized carbons (Fsp3) is 0.375. The molecule has 1 heterocycles. The number of nitro groups is 1. The fourth-order valence-corrected chi connectivity index (χ4v) is 3.15. The van der Waals surface area contributed by atoms with E-state index in [1.807, 2.05) is 25.1 Å². The van der Waals surface area contributed by atoms with Gasteiger partial charge < -0.3 is 15.4 Å². The van der Waals surface area contributed by atoms with Crippen LogP contribution in [0.1, 0.15) is 26.3 Å². The van der Waals surface area contributed by atoms with Gasteiger partial charge in [-0.05, 0) is 35.6 Å². The van der Waals surface area contributed by atoms with Crippen molar-refractivity contribution in [2.24, 2.45) is 0 Å². The summed E-state index contributed by atoms with van der Waals surface area (Å²) in [5.74, 6) is -0.560. The molecule has 0 aliphatic heterocycles. The van der Waals surface area contributed by atoms with Gasteiger partial charge in [0.05, 0.1) is 17.4 Å². The highest BCUT2D eigenvalue weighted by molar-refractivity contribution is 8.00. The van der Waals surface area contributed by atoms with Gasteiger partial charge in [0, 0.05) is 15.3 Å². The summed E-state index contributed by atoms with van der Waals surface area (Å²) in [7, 11) is 0. The standard InChI is InChI=1S/C16H20N4O3S/c1-11-9-12(24-16(2,3)4)5-6-13(11)17-15(21)10-19-8-7-14(18-19)20(22)23/h5-9H,10H2,1-4H3,(H,17,21). The van der Waals surface area contributed by atoms with Crippen LogP contribution in [0.15, 0.2) is 35.4 Å². The van der Waals surface area contributed by atoms with Crippen LogP contribution >= 0.6 is 11.8 Å². The van der Waals surface area contributed by atoms with Gasteiger partial charge in [0.2, 0.25) is 5.91 Å². The summed E-state index contributed by atoms with van der Waals surface area (Å²) in [6, 6.07) is 7.13. The van der Waals surface area contributed by atoms with E-state index in [1.165, 1.54) is 16.9 Å². The molecular weight excluding hydrogens is 328 g/mol. The second-order valence-corrected chi connectivity index (χ2v) is 8.27. The van der Waals surface area contributed by atoms with Crippen LogP contribution in [0.2, 0.25) is 0 Å². The number of hydrogen-bond acceptors (Lipinski definition) is 5. The van der Waals surface area contributed by atoms with Crippen LogP contribution in [0.3, 0.4) is 0 Å². The normalized spacial score (nSPS) is 11.3. The molecule has 7 nitrogen and oxygen atoms in total. The molecule has 1 aromatic carbocycles. The van der Waals surface area contributed by atoms with E-state index in [2.05, 4.69) is 31.2 Å². The molecule has 1 N–H and O–H groups in total.